The maximum Gasteiger partial charge on any atom is 0.124 e. The van der Waals surface area contributed by atoms with Gasteiger partial charge in [0.1, 0.15) is 5.82 Å². The maximum atomic E-state index is 4.66. The van der Waals surface area contributed by atoms with E-state index >= 15 is 0 Å². The molecule has 4 nitrogen and oxygen atoms in total. The molecule has 0 aliphatic carbocycles. The number of nitrogens with one attached hydrogen (secondary N) is 2. The van der Waals surface area contributed by atoms with Crippen LogP contribution in [0.4, 0.5) is 0 Å². The summed E-state index contributed by atoms with van der Waals surface area (Å²) in [5.74, 6) is 1.80. The van der Waals surface area contributed by atoms with E-state index in [0.717, 1.165) is 29.3 Å². The third kappa shape index (κ3) is 3.02. The van der Waals surface area contributed by atoms with Crippen molar-refractivity contribution >= 4 is 11.0 Å². The molecule has 108 valence electrons. The largest absolute Gasteiger partial charge is 0.341 e. The number of benzene rings is 1. The number of fused-ring (bicyclic) bond motifs is 1. The van der Waals surface area contributed by atoms with E-state index in [0.29, 0.717) is 0 Å². The van der Waals surface area contributed by atoms with Gasteiger partial charge in [0, 0.05) is 6.54 Å². The second kappa shape index (κ2) is 5.94. The lowest BCUT2D eigenvalue weighted by molar-refractivity contribution is 0.203. The number of imidazole rings is 1. The van der Waals surface area contributed by atoms with Gasteiger partial charge in [0.05, 0.1) is 17.1 Å². The zero-order valence-electron chi connectivity index (χ0n) is 12.4. The van der Waals surface area contributed by atoms with E-state index in [2.05, 4.69) is 46.3 Å². The molecule has 2 atom stereocenters. The van der Waals surface area contributed by atoms with Crippen LogP contribution in [0.2, 0.25) is 0 Å². The van der Waals surface area contributed by atoms with Crippen LogP contribution in [0.25, 0.3) is 11.0 Å². The minimum absolute atomic E-state index is 0.273. The normalized spacial score (nSPS) is 22.2. The number of hydrogen-bond acceptors (Lipinski definition) is 3. The summed E-state index contributed by atoms with van der Waals surface area (Å²) in [6.45, 7) is 5.71. The fraction of sp³-hybridized carbons (Fsp3) is 0.562. The first kappa shape index (κ1) is 13.6. The van der Waals surface area contributed by atoms with Gasteiger partial charge in [-0.25, -0.2) is 4.98 Å². The van der Waals surface area contributed by atoms with Gasteiger partial charge >= 0.3 is 0 Å². The van der Waals surface area contributed by atoms with Gasteiger partial charge < -0.3 is 15.2 Å². The van der Waals surface area contributed by atoms with Gasteiger partial charge in [0.15, 0.2) is 0 Å². The molecular weight excluding hydrogens is 248 g/mol. The molecule has 0 spiro atoms. The molecule has 2 aromatic rings. The molecule has 4 heteroatoms. The summed E-state index contributed by atoms with van der Waals surface area (Å²) < 4.78 is 0. The van der Waals surface area contributed by atoms with Crippen LogP contribution in [0.1, 0.15) is 31.6 Å². The number of aromatic nitrogens is 2. The summed E-state index contributed by atoms with van der Waals surface area (Å²) in [6, 6.07) is 8.48. The van der Waals surface area contributed by atoms with Crippen LogP contribution in [-0.4, -0.2) is 41.5 Å². The van der Waals surface area contributed by atoms with Crippen molar-refractivity contribution in [2.75, 3.05) is 26.7 Å². The lowest BCUT2D eigenvalue weighted by atomic mass is 9.98. The Balaban J connectivity index is 1.59. The van der Waals surface area contributed by atoms with Gasteiger partial charge in [0.2, 0.25) is 0 Å². The minimum Gasteiger partial charge on any atom is -0.341 e. The zero-order chi connectivity index (χ0) is 13.9. The van der Waals surface area contributed by atoms with Crippen molar-refractivity contribution in [3.8, 4) is 0 Å². The van der Waals surface area contributed by atoms with Crippen LogP contribution in [0, 0.1) is 5.92 Å². The SMILES string of the molecule is CC(NCC1CCCN(C)C1)c1nc2ccccc2[nH]1. The van der Waals surface area contributed by atoms with Crippen LogP contribution >= 0.6 is 0 Å². The second-order valence-electron chi connectivity index (χ2n) is 6.04. The lowest BCUT2D eigenvalue weighted by Gasteiger charge is -2.30. The number of nitrogens with zero attached hydrogens (tertiary/aromatic N) is 2. The Kier molecular flexibility index (Phi) is 4.03. The fourth-order valence-electron chi connectivity index (χ4n) is 3.06. The molecule has 1 aliphatic rings. The molecule has 2 heterocycles. The Bertz CT molecular complexity index is 529. The first-order valence-corrected chi connectivity index (χ1v) is 7.59. The Morgan fingerprint density at radius 3 is 3.10 bits per heavy atom. The molecule has 0 bridgehead atoms. The number of likely N-dealkylation sites (tertiary alicyclic amines) is 1. The quantitative estimate of drug-likeness (QED) is 0.899. The average Bonchev–Trinajstić information content (AvgIpc) is 2.89. The predicted molar refractivity (Wildman–Crippen MR) is 82.7 cm³/mol. The summed E-state index contributed by atoms with van der Waals surface area (Å²) in [6.07, 6.45) is 2.66. The number of H-pyrrole nitrogens is 1. The highest BCUT2D eigenvalue weighted by Crippen LogP contribution is 2.18. The third-order valence-electron chi connectivity index (χ3n) is 4.25. The summed E-state index contributed by atoms with van der Waals surface area (Å²) in [7, 11) is 2.22. The van der Waals surface area contributed by atoms with Crippen molar-refractivity contribution in [2.45, 2.75) is 25.8 Å². The van der Waals surface area contributed by atoms with Crippen LogP contribution in [0.15, 0.2) is 24.3 Å². The van der Waals surface area contributed by atoms with Gasteiger partial charge in [0.25, 0.3) is 0 Å². The van der Waals surface area contributed by atoms with Crippen LogP contribution in [-0.2, 0) is 0 Å². The van der Waals surface area contributed by atoms with Gasteiger partial charge in [-0.3, -0.25) is 0 Å². The molecule has 1 fully saturated rings. The van der Waals surface area contributed by atoms with E-state index in [1.165, 1.54) is 25.9 Å². The van der Waals surface area contributed by atoms with Gasteiger partial charge in [-0.2, -0.15) is 0 Å². The first-order chi connectivity index (χ1) is 9.72. The van der Waals surface area contributed by atoms with Crippen LogP contribution in [0.5, 0.6) is 0 Å². The molecule has 1 aliphatic heterocycles. The fourth-order valence-corrected chi connectivity index (χ4v) is 3.06. The topological polar surface area (TPSA) is 44.0 Å². The zero-order valence-corrected chi connectivity index (χ0v) is 12.4. The van der Waals surface area contributed by atoms with Crippen molar-refractivity contribution < 1.29 is 0 Å². The molecule has 20 heavy (non-hydrogen) atoms. The van der Waals surface area contributed by atoms with Crippen molar-refractivity contribution in [1.82, 2.24) is 20.2 Å². The number of para-hydroxylation sites is 2. The molecule has 1 aromatic heterocycles. The molecule has 1 saturated heterocycles. The Hall–Kier alpha value is -1.39. The van der Waals surface area contributed by atoms with E-state index < -0.39 is 0 Å². The van der Waals surface area contributed by atoms with E-state index in [1.54, 1.807) is 0 Å². The minimum atomic E-state index is 0.273. The molecule has 0 amide bonds. The van der Waals surface area contributed by atoms with E-state index in [9.17, 15) is 0 Å². The molecule has 3 rings (SSSR count). The maximum absolute atomic E-state index is 4.66. The van der Waals surface area contributed by atoms with Gasteiger partial charge in [-0.1, -0.05) is 12.1 Å². The highest BCUT2D eigenvalue weighted by molar-refractivity contribution is 5.74. The van der Waals surface area contributed by atoms with Crippen molar-refractivity contribution in [2.24, 2.45) is 5.92 Å². The molecule has 2 N–H and O–H groups in total. The van der Waals surface area contributed by atoms with Crippen molar-refractivity contribution in [1.29, 1.82) is 0 Å². The third-order valence-corrected chi connectivity index (χ3v) is 4.25. The van der Waals surface area contributed by atoms with E-state index in [-0.39, 0.29) is 6.04 Å². The monoisotopic (exact) mass is 272 g/mol. The van der Waals surface area contributed by atoms with Gasteiger partial charge in [-0.15, -0.1) is 0 Å². The number of piperidine rings is 1. The van der Waals surface area contributed by atoms with Crippen LogP contribution < -0.4 is 5.32 Å². The molecule has 0 radical (unpaired) electrons. The lowest BCUT2D eigenvalue weighted by Crippen LogP contribution is -2.38. The summed E-state index contributed by atoms with van der Waals surface area (Å²) in [5.41, 5.74) is 2.17. The molecule has 0 saturated carbocycles. The average molecular weight is 272 g/mol. The Morgan fingerprint density at radius 2 is 2.30 bits per heavy atom. The summed E-state index contributed by atoms with van der Waals surface area (Å²) >= 11 is 0. The van der Waals surface area contributed by atoms with Crippen LogP contribution in [0.3, 0.4) is 0 Å². The smallest absolute Gasteiger partial charge is 0.124 e. The number of hydrogen-bond donors (Lipinski definition) is 2. The first-order valence-electron chi connectivity index (χ1n) is 7.59. The summed E-state index contributed by atoms with van der Waals surface area (Å²) in [4.78, 5) is 10.5. The molecule has 1 aromatic carbocycles. The standard InChI is InChI=1S/C16H24N4/c1-12(17-10-13-6-5-9-20(2)11-13)16-18-14-7-3-4-8-15(14)19-16/h3-4,7-8,12-13,17H,5-6,9-11H2,1-2H3,(H,18,19). The molecule has 2 unspecified atom stereocenters. The number of rotatable bonds is 4. The second-order valence-corrected chi connectivity index (χ2v) is 6.04. The number of aromatic amines is 1. The van der Waals surface area contributed by atoms with Gasteiger partial charge in [-0.05, 0) is 58.0 Å². The Labute approximate surface area is 120 Å². The highest BCUT2D eigenvalue weighted by atomic mass is 15.1. The van der Waals surface area contributed by atoms with Crippen molar-refractivity contribution in [3.63, 3.8) is 0 Å². The predicted octanol–water partition coefficient (Wildman–Crippen LogP) is 2.56. The Morgan fingerprint density at radius 1 is 1.45 bits per heavy atom. The van der Waals surface area contributed by atoms with Crippen molar-refractivity contribution in [3.05, 3.63) is 30.1 Å². The summed E-state index contributed by atoms with van der Waals surface area (Å²) in [5, 5.41) is 3.63. The molecular formula is C16H24N4. The highest BCUT2D eigenvalue weighted by Gasteiger charge is 2.18. The van der Waals surface area contributed by atoms with E-state index in [4.69, 9.17) is 0 Å². The van der Waals surface area contributed by atoms with E-state index in [1.807, 2.05) is 12.1 Å².